The van der Waals surface area contributed by atoms with Gasteiger partial charge in [-0.25, -0.2) is 12.7 Å². The van der Waals surface area contributed by atoms with E-state index in [1.54, 1.807) is 0 Å². The van der Waals surface area contributed by atoms with Gasteiger partial charge in [-0.05, 0) is 18.0 Å². The second-order valence-corrected chi connectivity index (χ2v) is 7.92. The van der Waals surface area contributed by atoms with Gasteiger partial charge in [0, 0.05) is 25.7 Å². The maximum atomic E-state index is 12.5. The SMILES string of the molecule is CN(CC(C)(C)CN)S(=O)(=O)c1ccc([N+](=O)[O-])cc1Cl. The Morgan fingerprint density at radius 3 is 2.43 bits per heavy atom. The molecule has 9 heteroatoms. The van der Waals surface area contributed by atoms with Crippen LogP contribution in [0.2, 0.25) is 5.02 Å². The minimum Gasteiger partial charge on any atom is -0.330 e. The first-order valence-corrected chi connectivity index (χ1v) is 7.93. The van der Waals surface area contributed by atoms with E-state index in [1.807, 2.05) is 13.8 Å². The van der Waals surface area contributed by atoms with Crippen LogP contribution in [0.25, 0.3) is 0 Å². The number of hydrogen-bond acceptors (Lipinski definition) is 5. The molecular formula is C12H18ClN3O4S. The van der Waals surface area contributed by atoms with Crippen LogP contribution in [0.1, 0.15) is 13.8 Å². The molecular weight excluding hydrogens is 318 g/mol. The van der Waals surface area contributed by atoms with Gasteiger partial charge in [-0.1, -0.05) is 25.4 Å². The van der Waals surface area contributed by atoms with E-state index < -0.39 is 20.4 Å². The van der Waals surface area contributed by atoms with Crippen molar-refractivity contribution in [2.24, 2.45) is 11.1 Å². The van der Waals surface area contributed by atoms with E-state index in [4.69, 9.17) is 17.3 Å². The zero-order chi connectivity index (χ0) is 16.4. The summed E-state index contributed by atoms with van der Waals surface area (Å²) in [5, 5.41) is 10.5. The summed E-state index contributed by atoms with van der Waals surface area (Å²) < 4.78 is 26.1. The van der Waals surface area contributed by atoms with Gasteiger partial charge in [-0.2, -0.15) is 0 Å². The van der Waals surface area contributed by atoms with Gasteiger partial charge in [0.1, 0.15) is 4.90 Å². The van der Waals surface area contributed by atoms with Crippen molar-refractivity contribution in [2.45, 2.75) is 18.7 Å². The second-order valence-electron chi connectivity index (χ2n) is 5.50. The van der Waals surface area contributed by atoms with Crippen molar-refractivity contribution in [1.29, 1.82) is 0 Å². The zero-order valence-corrected chi connectivity index (χ0v) is 13.6. The minimum atomic E-state index is -3.83. The van der Waals surface area contributed by atoms with Crippen LogP contribution in [0.5, 0.6) is 0 Å². The van der Waals surface area contributed by atoms with E-state index in [2.05, 4.69) is 0 Å². The first-order chi connectivity index (χ1) is 9.51. The Bertz CT molecular complexity index is 646. The molecule has 21 heavy (non-hydrogen) atoms. The topological polar surface area (TPSA) is 107 Å². The first-order valence-electron chi connectivity index (χ1n) is 6.11. The fourth-order valence-corrected chi connectivity index (χ4v) is 3.60. The monoisotopic (exact) mass is 335 g/mol. The van der Waals surface area contributed by atoms with Crippen molar-refractivity contribution >= 4 is 27.3 Å². The van der Waals surface area contributed by atoms with Crippen LogP contribution in [-0.2, 0) is 10.0 Å². The molecule has 0 aromatic heterocycles. The van der Waals surface area contributed by atoms with Crippen LogP contribution in [0, 0.1) is 15.5 Å². The van der Waals surface area contributed by atoms with Crippen molar-refractivity contribution in [3.8, 4) is 0 Å². The number of nitrogens with two attached hydrogens (primary N) is 1. The molecule has 0 aliphatic carbocycles. The van der Waals surface area contributed by atoms with Crippen LogP contribution < -0.4 is 5.73 Å². The van der Waals surface area contributed by atoms with Gasteiger partial charge in [0.05, 0.1) is 9.95 Å². The van der Waals surface area contributed by atoms with Gasteiger partial charge in [0.15, 0.2) is 0 Å². The molecule has 7 nitrogen and oxygen atoms in total. The quantitative estimate of drug-likeness (QED) is 0.630. The van der Waals surface area contributed by atoms with Gasteiger partial charge in [0.2, 0.25) is 10.0 Å². The van der Waals surface area contributed by atoms with Gasteiger partial charge in [0.25, 0.3) is 5.69 Å². The number of nitro benzene ring substituents is 1. The molecule has 0 heterocycles. The normalized spacial score (nSPS) is 12.7. The van der Waals surface area contributed by atoms with Crippen molar-refractivity contribution in [3.05, 3.63) is 33.3 Å². The number of non-ortho nitro benzene ring substituents is 1. The molecule has 2 N–H and O–H groups in total. The highest BCUT2D eigenvalue weighted by Crippen LogP contribution is 2.29. The summed E-state index contributed by atoms with van der Waals surface area (Å²) in [6.07, 6.45) is 0. The Labute approximate surface area is 128 Å². The Hall–Kier alpha value is -1.22. The molecule has 0 bridgehead atoms. The molecule has 0 aliphatic heterocycles. The number of halogens is 1. The van der Waals surface area contributed by atoms with Crippen molar-refractivity contribution in [1.82, 2.24) is 4.31 Å². The Morgan fingerprint density at radius 1 is 1.43 bits per heavy atom. The maximum absolute atomic E-state index is 12.5. The molecule has 0 atom stereocenters. The van der Waals surface area contributed by atoms with E-state index in [-0.39, 0.29) is 22.2 Å². The van der Waals surface area contributed by atoms with E-state index in [0.29, 0.717) is 6.54 Å². The third kappa shape index (κ3) is 4.13. The van der Waals surface area contributed by atoms with E-state index in [0.717, 1.165) is 22.5 Å². The number of hydrogen-bond donors (Lipinski definition) is 1. The van der Waals surface area contributed by atoms with Gasteiger partial charge in [-0.15, -0.1) is 0 Å². The van der Waals surface area contributed by atoms with E-state index in [1.165, 1.54) is 7.05 Å². The van der Waals surface area contributed by atoms with Crippen LogP contribution in [0.15, 0.2) is 23.1 Å². The van der Waals surface area contributed by atoms with E-state index >= 15 is 0 Å². The lowest BCUT2D eigenvalue weighted by Gasteiger charge is -2.28. The highest BCUT2D eigenvalue weighted by atomic mass is 35.5. The molecule has 1 rings (SSSR count). The number of nitro groups is 1. The summed E-state index contributed by atoms with van der Waals surface area (Å²) in [7, 11) is -2.41. The standard InChI is InChI=1S/C12H18ClN3O4S/c1-12(2,7-14)8-15(3)21(19,20)11-5-4-9(16(17)18)6-10(11)13/h4-6H,7-8,14H2,1-3H3. The number of sulfonamides is 1. The Kier molecular flexibility index (Phi) is 5.32. The maximum Gasteiger partial charge on any atom is 0.271 e. The van der Waals surface area contributed by atoms with E-state index in [9.17, 15) is 18.5 Å². The highest BCUT2D eigenvalue weighted by molar-refractivity contribution is 7.89. The lowest BCUT2D eigenvalue weighted by atomic mass is 9.94. The Balaban J connectivity index is 3.16. The first kappa shape index (κ1) is 17.8. The highest BCUT2D eigenvalue weighted by Gasteiger charge is 2.29. The van der Waals surface area contributed by atoms with Crippen LogP contribution in [0.4, 0.5) is 5.69 Å². The minimum absolute atomic E-state index is 0.162. The molecule has 0 fully saturated rings. The molecule has 0 spiro atoms. The summed E-state index contributed by atoms with van der Waals surface area (Å²) in [6.45, 7) is 4.22. The van der Waals surface area contributed by atoms with Gasteiger partial charge >= 0.3 is 0 Å². The largest absolute Gasteiger partial charge is 0.330 e. The smallest absolute Gasteiger partial charge is 0.271 e. The molecule has 118 valence electrons. The summed E-state index contributed by atoms with van der Waals surface area (Å²) in [6, 6.07) is 3.28. The molecule has 0 saturated carbocycles. The summed E-state index contributed by atoms with van der Waals surface area (Å²) >= 11 is 5.87. The lowest BCUT2D eigenvalue weighted by Crippen LogP contribution is -2.39. The third-order valence-electron chi connectivity index (χ3n) is 3.02. The summed E-state index contributed by atoms with van der Waals surface area (Å²) in [5.74, 6) is 0. The van der Waals surface area contributed by atoms with Crippen LogP contribution in [-0.4, -0.2) is 37.8 Å². The molecule has 0 amide bonds. The third-order valence-corrected chi connectivity index (χ3v) is 5.30. The van der Waals surface area contributed by atoms with Crippen molar-refractivity contribution < 1.29 is 13.3 Å². The number of rotatable bonds is 6. The molecule has 0 radical (unpaired) electrons. The average Bonchev–Trinajstić information content (AvgIpc) is 2.37. The second kappa shape index (κ2) is 6.27. The van der Waals surface area contributed by atoms with Crippen LogP contribution in [0.3, 0.4) is 0 Å². The predicted molar refractivity (Wildman–Crippen MR) is 80.8 cm³/mol. The summed E-state index contributed by atoms with van der Waals surface area (Å²) in [4.78, 5) is 9.85. The van der Waals surface area contributed by atoms with Crippen LogP contribution >= 0.6 is 11.6 Å². The molecule has 0 aliphatic rings. The Morgan fingerprint density at radius 2 is 2.00 bits per heavy atom. The van der Waals surface area contributed by atoms with Crippen molar-refractivity contribution in [2.75, 3.05) is 20.1 Å². The fraction of sp³-hybridized carbons (Fsp3) is 0.500. The lowest BCUT2D eigenvalue weighted by molar-refractivity contribution is -0.384. The molecule has 1 aromatic rings. The average molecular weight is 336 g/mol. The summed E-state index contributed by atoms with van der Waals surface area (Å²) in [5.41, 5.74) is 4.94. The number of nitrogens with zero attached hydrogens (tertiary/aromatic N) is 2. The van der Waals surface area contributed by atoms with Gasteiger partial charge < -0.3 is 5.73 Å². The molecule has 1 aromatic carbocycles. The fourth-order valence-electron chi connectivity index (χ4n) is 1.73. The molecule has 0 saturated heterocycles. The predicted octanol–water partition coefficient (Wildman–Crippen LogP) is 1.85. The number of benzene rings is 1. The zero-order valence-electron chi connectivity index (χ0n) is 12.0. The molecule has 0 unspecified atom stereocenters. The van der Waals surface area contributed by atoms with Gasteiger partial charge in [-0.3, -0.25) is 10.1 Å². The van der Waals surface area contributed by atoms with Crippen molar-refractivity contribution in [3.63, 3.8) is 0 Å².